The fourth-order valence-corrected chi connectivity index (χ4v) is 3.41. The van der Waals surface area contributed by atoms with Crippen LogP contribution >= 0.6 is 0 Å². The van der Waals surface area contributed by atoms with E-state index in [1.807, 2.05) is 0 Å². The maximum Gasteiger partial charge on any atom is 0.303 e. The van der Waals surface area contributed by atoms with Crippen LogP contribution in [0.3, 0.4) is 0 Å². The number of aliphatic carboxylic acids is 1. The lowest BCUT2D eigenvalue weighted by molar-refractivity contribution is -0.137. The molecule has 1 N–H and O–H groups in total. The minimum atomic E-state index is -0.664. The van der Waals surface area contributed by atoms with Gasteiger partial charge in [0.1, 0.15) is 0 Å². The van der Waals surface area contributed by atoms with Gasteiger partial charge in [-0.2, -0.15) is 0 Å². The fraction of sp³-hybridized carbons (Fsp3) is 0.875. The van der Waals surface area contributed by atoms with E-state index in [2.05, 4.69) is 19.1 Å². The average molecular weight is 367 g/mol. The summed E-state index contributed by atoms with van der Waals surface area (Å²) < 4.78 is 0. The second kappa shape index (κ2) is 22.3. The second-order valence-electron chi connectivity index (χ2n) is 7.85. The number of carboxylic acids is 1. The predicted molar refractivity (Wildman–Crippen MR) is 115 cm³/mol. The van der Waals surface area contributed by atoms with Crippen molar-refractivity contribution >= 4 is 5.97 Å². The first-order chi connectivity index (χ1) is 12.8. The molecule has 2 heteroatoms. The Morgan fingerprint density at radius 3 is 1.46 bits per heavy atom. The van der Waals surface area contributed by atoms with Crippen molar-refractivity contribution in [2.75, 3.05) is 0 Å². The van der Waals surface area contributed by atoms with E-state index in [0.29, 0.717) is 6.42 Å². The van der Waals surface area contributed by atoms with Gasteiger partial charge in [-0.1, -0.05) is 109 Å². The Kier molecular flexibility index (Phi) is 21.6. The molecule has 2 nitrogen and oxygen atoms in total. The topological polar surface area (TPSA) is 37.3 Å². The Balaban J connectivity index is 0.000000867. The molecule has 0 unspecified atom stereocenters. The van der Waals surface area contributed by atoms with Gasteiger partial charge in [0, 0.05) is 6.42 Å². The first-order valence-corrected chi connectivity index (χ1v) is 11.6. The van der Waals surface area contributed by atoms with Gasteiger partial charge in [0.15, 0.2) is 0 Å². The van der Waals surface area contributed by atoms with Crippen LogP contribution < -0.4 is 0 Å². The molecule has 0 atom stereocenters. The molecule has 26 heavy (non-hydrogen) atoms. The molecule has 0 aromatic heterocycles. The monoisotopic (exact) mass is 366 g/mol. The van der Waals surface area contributed by atoms with Crippen molar-refractivity contribution in [3.8, 4) is 0 Å². The molecule has 0 aliphatic heterocycles. The zero-order chi connectivity index (χ0) is 19.1. The summed E-state index contributed by atoms with van der Waals surface area (Å²) in [5.74, 6) is -0.664. The number of carboxylic acid groups (broad SMARTS) is 1. The molecule has 0 aromatic rings. The summed E-state index contributed by atoms with van der Waals surface area (Å²) in [6.07, 6.45) is 30.2. The summed E-state index contributed by atoms with van der Waals surface area (Å²) in [4.78, 5) is 10.3. The maximum absolute atomic E-state index is 10.3. The van der Waals surface area contributed by atoms with Crippen LogP contribution in [0.4, 0.5) is 0 Å². The second-order valence-corrected chi connectivity index (χ2v) is 7.85. The van der Waals surface area contributed by atoms with Crippen molar-refractivity contribution in [3.05, 3.63) is 12.2 Å². The molecule has 0 aromatic carbocycles. The Morgan fingerprint density at radius 1 is 0.654 bits per heavy atom. The summed E-state index contributed by atoms with van der Waals surface area (Å²) in [6, 6.07) is 0. The number of hydrogen-bond acceptors (Lipinski definition) is 1. The summed E-state index contributed by atoms with van der Waals surface area (Å²) in [5.41, 5.74) is 0. The van der Waals surface area contributed by atoms with Crippen molar-refractivity contribution < 1.29 is 9.90 Å². The average Bonchev–Trinajstić information content (AvgIpc) is 2.66. The van der Waals surface area contributed by atoms with Gasteiger partial charge in [0.05, 0.1) is 0 Å². The summed E-state index contributed by atoms with van der Waals surface area (Å²) in [5, 5.41) is 8.51. The Labute approximate surface area is 163 Å². The Bertz CT molecular complexity index is 294. The van der Waals surface area contributed by atoms with Crippen LogP contribution in [-0.2, 0) is 4.79 Å². The molecule has 1 rings (SSSR count). The van der Waals surface area contributed by atoms with E-state index < -0.39 is 5.97 Å². The van der Waals surface area contributed by atoms with Crippen LogP contribution in [0.2, 0.25) is 0 Å². The third-order valence-electron chi connectivity index (χ3n) is 5.15. The molecule has 1 aliphatic rings. The quantitative estimate of drug-likeness (QED) is 0.233. The molecular formula is C24H46O2. The van der Waals surface area contributed by atoms with E-state index in [1.165, 1.54) is 109 Å². The number of unbranched alkanes of at least 4 members (excludes halogenated alkanes) is 11. The van der Waals surface area contributed by atoms with Crippen molar-refractivity contribution in [3.63, 3.8) is 0 Å². The molecule has 0 spiro atoms. The van der Waals surface area contributed by atoms with Gasteiger partial charge >= 0.3 is 5.97 Å². The lowest BCUT2D eigenvalue weighted by atomic mass is 10.0. The normalized spacial score (nSPS) is 14.2. The SMILES string of the molecule is C1CCCCC1.CCCCCCCCC=CCCCCCCCC(=O)O. The summed E-state index contributed by atoms with van der Waals surface area (Å²) >= 11 is 0. The largest absolute Gasteiger partial charge is 0.481 e. The van der Waals surface area contributed by atoms with Crippen LogP contribution in [0.5, 0.6) is 0 Å². The summed E-state index contributed by atoms with van der Waals surface area (Å²) in [6.45, 7) is 2.26. The van der Waals surface area contributed by atoms with Crippen molar-refractivity contribution in [2.24, 2.45) is 0 Å². The Morgan fingerprint density at radius 2 is 1.04 bits per heavy atom. The van der Waals surface area contributed by atoms with Gasteiger partial charge in [-0.05, 0) is 32.1 Å². The lowest BCUT2D eigenvalue weighted by Crippen LogP contribution is -1.93. The van der Waals surface area contributed by atoms with Crippen LogP contribution in [0.15, 0.2) is 12.2 Å². The van der Waals surface area contributed by atoms with Crippen LogP contribution in [0.1, 0.15) is 135 Å². The molecule has 0 amide bonds. The fourth-order valence-electron chi connectivity index (χ4n) is 3.41. The van der Waals surface area contributed by atoms with Crippen LogP contribution in [0, 0.1) is 0 Å². The van der Waals surface area contributed by atoms with Crippen LogP contribution in [-0.4, -0.2) is 11.1 Å². The molecule has 0 heterocycles. The van der Waals surface area contributed by atoms with Gasteiger partial charge < -0.3 is 5.11 Å². The number of allylic oxidation sites excluding steroid dienone is 2. The van der Waals surface area contributed by atoms with Gasteiger partial charge in [0.2, 0.25) is 0 Å². The van der Waals surface area contributed by atoms with Gasteiger partial charge in [-0.15, -0.1) is 0 Å². The minimum Gasteiger partial charge on any atom is -0.481 e. The highest BCUT2D eigenvalue weighted by molar-refractivity contribution is 5.66. The standard InChI is InChI=1S/C18H34O2.C6H12/c1-2-3-4-5-6-7-8-9-10-11-12-13-14-15-16-17-18(19)20;1-2-4-6-5-3-1/h9-10H,2-8,11-17H2,1H3,(H,19,20);1-6H2. The predicted octanol–water partition coefficient (Wildman–Crippen LogP) is 8.45. The third kappa shape index (κ3) is 23.2. The van der Waals surface area contributed by atoms with Crippen LogP contribution in [0.25, 0.3) is 0 Å². The highest BCUT2D eigenvalue weighted by atomic mass is 16.4. The first-order valence-electron chi connectivity index (χ1n) is 11.6. The van der Waals surface area contributed by atoms with Crippen molar-refractivity contribution in [1.82, 2.24) is 0 Å². The van der Waals surface area contributed by atoms with Gasteiger partial charge in [-0.3, -0.25) is 4.79 Å². The smallest absolute Gasteiger partial charge is 0.303 e. The van der Waals surface area contributed by atoms with E-state index in [9.17, 15) is 4.79 Å². The van der Waals surface area contributed by atoms with E-state index in [-0.39, 0.29) is 0 Å². The molecule has 0 radical (unpaired) electrons. The number of carbonyl (C=O) groups is 1. The zero-order valence-corrected chi connectivity index (χ0v) is 17.7. The Hall–Kier alpha value is -0.790. The molecule has 1 saturated carbocycles. The minimum absolute atomic E-state index is 0.332. The van der Waals surface area contributed by atoms with E-state index in [4.69, 9.17) is 5.11 Å². The number of hydrogen-bond donors (Lipinski definition) is 1. The van der Waals surface area contributed by atoms with Gasteiger partial charge in [0.25, 0.3) is 0 Å². The van der Waals surface area contributed by atoms with Crippen molar-refractivity contribution in [1.29, 1.82) is 0 Å². The van der Waals surface area contributed by atoms with E-state index in [1.54, 1.807) is 0 Å². The summed E-state index contributed by atoms with van der Waals surface area (Å²) in [7, 11) is 0. The molecule has 154 valence electrons. The molecule has 0 bridgehead atoms. The molecular weight excluding hydrogens is 320 g/mol. The molecule has 0 saturated heterocycles. The maximum atomic E-state index is 10.3. The highest BCUT2D eigenvalue weighted by Crippen LogP contribution is 2.15. The molecule has 1 aliphatic carbocycles. The number of rotatable bonds is 15. The van der Waals surface area contributed by atoms with E-state index >= 15 is 0 Å². The van der Waals surface area contributed by atoms with Crippen molar-refractivity contribution in [2.45, 2.75) is 135 Å². The molecule has 1 fully saturated rings. The first kappa shape index (κ1) is 25.2. The highest BCUT2D eigenvalue weighted by Gasteiger charge is 1.96. The third-order valence-corrected chi connectivity index (χ3v) is 5.15. The van der Waals surface area contributed by atoms with Gasteiger partial charge in [-0.25, -0.2) is 0 Å². The zero-order valence-electron chi connectivity index (χ0n) is 17.7. The lowest BCUT2D eigenvalue weighted by Gasteiger charge is -2.05. The van der Waals surface area contributed by atoms with E-state index in [0.717, 1.165) is 12.8 Å².